The molecule has 1 saturated heterocycles. The third-order valence-corrected chi connectivity index (χ3v) is 5.48. The van der Waals surface area contributed by atoms with Gasteiger partial charge in [-0.2, -0.15) is 0 Å². The van der Waals surface area contributed by atoms with Crippen LogP contribution in [0.3, 0.4) is 0 Å². The molecule has 0 aromatic heterocycles. The maximum atomic E-state index is 11.2. The molecule has 2 aromatic rings. The van der Waals surface area contributed by atoms with E-state index in [1.165, 1.54) is 6.07 Å². The Balaban J connectivity index is 0.00000385. The second kappa shape index (κ2) is 13.1. The number of halogens is 1. The van der Waals surface area contributed by atoms with Crippen molar-refractivity contribution in [1.82, 2.24) is 10.6 Å². The maximum absolute atomic E-state index is 11.2. The molecule has 33 heavy (non-hydrogen) atoms. The van der Waals surface area contributed by atoms with Crippen LogP contribution >= 0.6 is 24.0 Å². The molecule has 0 unspecified atom stereocenters. The molecule has 0 atom stereocenters. The average molecular weight is 569 g/mol. The standard InChI is InChI=1S/C23H31N5O4.HI/c1-4-24-23(25-16-17-7-5-6-8-22(17)28(29)30)26-18-9-11-27(12-10-18)19-13-20(31-2)15-21(14-19)32-3;/h5-8,13-15,18H,4,9-12,16H2,1-3H3,(H2,24,25,26);1H. The summed E-state index contributed by atoms with van der Waals surface area (Å²) in [6, 6.07) is 12.9. The lowest BCUT2D eigenvalue weighted by Crippen LogP contribution is -2.48. The highest BCUT2D eigenvalue weighted by Gasteiger charge is 2.21. The number of aliphatic imine (C=N–C) groups is 1. The van der Waals surface area contributed by atoms with E-state index in [4.69, 9.17) is 9.47 Å². The van der Waals surface area contributed by atoms with E-state index in [-0.39, 0.29) is 47.2 Å². The summed E-state index contributed by atoms with van der Waals surface area (Å²) >= 11 is 0. The summed E-state index contributed by atoms with van der Waals surface area (Å²) < 4.78 is 10.8. The number of benzene rings is 2. The summed E-state index contributed by atoms with van der Waals surface area (Å²) in [4.78, 5) is 17.8. The molecule has 1 fully saturated rings. The van der Waals surface area contributed by atoms with Crippen LogP contribution in [0.4, 0.5) is 11.4 Å². The van der Waals surface area contributed by atoms with Crippen molar-refractivity contribution >= 4 is 41.3 Å². The fourth-order valence-electron chi connectivity index (χ4n) is 3.76. The second-order valence-corrected chi connectivity index (χ2v) is 7.56. The second-order valence-electron chi connectivity index (χ2n) is 7.56. The molecule has 1 aliphatic heterocycles. The van der Waals surface area contributed by atoms with Crippen molar-refractivity contribution in [3.05, 3.63) is 58.1 Å². The van der Waals surface area contributed by atoms with Crippen molar-refractivity contribution in [2.45, 2.75) is 32.4 Å². The van der Waals surface area contributed by atoms with Crippen LogP contribution in [0.15, 0.2) is 47.5 Å². The first-order valence-corrected chi connectivity index (χ1v) is 10.8. The Kier molecular flexibility index (Phi) is 10.5. The topological polar surface area (TPSA) is 101 Å². The van der Waals surface area contributed by atoms with Gasteiger partial charge in [0.1, 0.15) is 11.5 Å². The molecule has 2 N–H and O–H groups in total. The number of nitro groups is 1. The van der Waals surface area contributed by atoms with Crippen molar-refractivity contribution in [2.75, 3.05) is 38.8 Å². The number of nitro benzene ring substituents is 1. The predicted octanol–water partition coefficient (Wildman–Crippen LogP) is 3.95. The van der Waals surface area contributed by atoms with E-state index >= 15 is 0 Å². The maximum Gasteiger partial charge on any atom is 0.274 e. The van der Waals surface area contributed by atoms with Gasteiger partial charge < -0.3 is 25.0 Å². The minimum atomic E-state index is -0.367. The monoisotopic (exact) mass is 569 g/mol. The number of piperidine rings is 1. The van der Waals surface area contributed by atoms with Crippen molar-refractivity contribution in [3.63, 3.8) is 0 Å². The highest BCUT2D eigenvalue weighted by molar-refractivity contribution is 14.0. The van der Waals surface area contributed by atoms with E-state index < -0.39 is 0 Å². The van der Waals surface area contributed by atoms with Crippen molar-refractivity contribution in [2.24, 2.45) is 4.99 Å². The number of anilines is 1. The normalized spacial score (nSPS) is 14.3. The number of hydrogen-bond acceptors (Lipinski definition) is 6. The van der Waals surface area contributed by atoms with Gasteiger partial charge in [-0.25, -0.2) is 4.99 Å². The summed E-state index contributed by atoms with van der Waals surface area (Å²) in [5.41, 5.74) is 1.77. The third kappa shape index (κ3) is 7.37. The molecule has 0 amide bonds. The summed E-state index contributed by atoms with van der Waals surface area (Å²) in [6.45, 7) is 4.73. The Bertz CT molecular complexity index is 926. The lowest BCUT2D eigenvalue weighted by molar-refractivity contribution is -0.385. The van der Waals surface area contributed by atoms with Gasteiger partial charge >= 0.3 is 0 Å². The largest absolute Gasteiger partial charge is 0.497 e. The van der Waals surface area contributed by atoms with Gasteiger partial charge in [-0.1, -0.05) is 18.2 Å². The number of methoxy groups -OCH3 is 2. The number of para-hydroxylation sites is 1. The van der Waals surface area contributed by atoms with E-state index in [1.54, 1.807) is 32.4 Å². The van der Waals surface area contributed by atoms with Crippen LogP contribution in [-0.2, 0) is 6.54 Å². The van der Waals surface area contributed by atoms with Crippen LogP contribution < -0.4 is 25.0 Å². The molecule has 2 aromatic carbocycles. The number of rotatable bonds is 8. The van der Waals surface area contributed by atoms with E-state index in [0.29, 0.717) is 18.1 Å². The van der Waals surface area contributed by atoms with E-state index in [9.17, 15) is 10.1 Å². The molecular weight excluding hydrogens is 537 g/mol. The number of ether oxygens (including phenoxy) is 2. The van der Waals surface area contributed by atoms with Gasteiger partial charge in [0.2, 0.25) is 0 Å². The molecule has 9 nitrogen and oxygen atoms in total. The molecule has 0 bridgehead atoms. The lowest BCUT2D eigenvalue weighted by Gasteiger charge is -2.34. The summed E-state index contributed by atoms with van der Waals surface area (Å²) in [6.07, 6.45) is 1.88. The van der Waals surface area contributed by atoms with Gasteiger partial charge in [0, 0.05) is 55.6 Å². The number of guanidine groups is 1. The van der Waals surface area contributed by atoms with Crippen LogP contribution in [0.2, 0.25) is 0 Å². The van der Waals surface area contributed by atoms with E-state index in [0.717, 1.165) is 43.1 Å². The SMILES string of the molecule is CCNC(=NCc1ccccc1[N+](=O)[O-])NC1CCN(c2cc(OC)cc(OC)c2)CC1.I. The summed E-state index contributed by atoms with van der Waals surface area (Å²) in [5.74, 6) is 2.22. The number of nitrogens with one attached hydrogen (secondary N) is 2. The molecule has 10 heteroatoms. The van der Waals surface area contributed by atoms with Crippen LogP contribution in [0, 0.1) is 10.1 Å². The zero-order chi connectivity index (χ0) is 22.9. The van der Waals surface area contributed by atoms with Gasteiger partial charge in [0.25, 0.3) is 5.69 Å². The molecule has 3 rings (SSSR count). The fraction of sp³-hybridized carbons (Fsp3) is 0.435. The molecule has 0 saturated carbocycles. The minimum absolute atomic E-state index is 0. The first-order valence-electron chi connectivity index (χ1n) is 10.8. The van der Waals surface area contributed by atoms with Crippen LogP contribution in [0.25, 0.3) is 0 Å². The molecule has 0 aliphatic carbocycles. The lowest BCUT2D eigenvalue weighted by atomic mass is 10.0. The molecule has 180 valence electrons. The van der Waals surface area contributed by atoms with Gasteiger partial charge in [-0.05, 0) is 19.8 Å². The Morgan fingerprint density at radius 3 is 2.36 bits per heavy atom. The molecule has 0 radical (unpaired) electrons. The van der Waals surface area contributed by atoms with Gasteiger partial charge in [0.15, 0.2) is 5.96 Å². The average Bonchev–Trinajstić information content (AvgIpc) is 2.82. The Morgan fingerprint density at radius 1 is 1.15 bits per heavy atom. The van der Waals surface area contributed by atoms with Crippen LogP contribution in [-0.4, -0.2) is 50.8 Å². The molecule has 1 heterocycles. The fourth-order valence-corrected chi connectivity index (χ4v) is 3.76. The zero-order valence-electron chi connectivity index (χ0n) is 19.2. The highest BCUT2D eigenvalue weighted by atomic mass is 127. The van der Waals surface area contributed by atoms with Crippen molar-refractivity contribution in [3.8, 4) is 11.5 Å². The van der Waals surface area contributed by atoms with Gasteiger partial charge in [-0.3, -0.25) is 10.1 Å². The summed E-state index contributed by atoms with van der Waals surface area (Å²) in [7, 11) is 3.31. The minimum Gasteiger partial charge on any atom is -0.497 e. The Hall–Kier alpha value is -2.76. The van der Waals surface area contributed by atoms with Crippen LogP contribution in [0.5, 0.6) is 11.5 Å². The van der Waals surface area contributed by atoms with Crippen LogP contribution in [0.1, 0.15) is 25.3 Å². The molecule has 1 aliphatic rings. The van der Waals surface area contributed by atoms with E-state index in [1.807, 2.05) is 25.1 Å². The first-order chi connectivity index (χ1) is 15.5. The molecular formula is C23H32IN5O4. The van der Waals surface area contributed by atoms with E-state index in [2.05, 4.69) is 20.5 Å². The van der Waals surface area contributed by atoms with Gasteiger partial charge in [0.05, 0.1) is 31.3 Å². The third-order valence-electron chi connectivity index (χ3n) is 5.48. The predicted molar refractivity (Wildman–Crippen MR) is 141 cm³/mol. The highest BCUT2D eigenvalue weighted by Crippen LogP contribution is 2.30. The number of nitrogens with zero attached hydrogens (tertiary/aromatic N) is 3. The van der Waals surface area contributed by atoms with Crippen molar-refractivity contribution < 1.29 is 14.4 Å². The van der Waals surface area contributed by atoms with Gasteiger partial charge in [-0.15, -0.1) is 24.0 Å². The quantitative estimate of drug-likeness (QED) is 0.163. The Morgan fingerprint density at radius 2 is 1.79 bits per heavy atom. The number of hydrogen-bond donors (Lipinski definition) is 2. The van der Waals surface area contributed by atoms with Crippen molar-refractivity contribution in [1.29, 1.82) is 0 Å². The first kappa shape index (κ1) is 26.5. The smallest absolute Gasteiger partial charge is 0.274 e. The summed E-state index contributed by atoms with van der Waals surface area (Å²) in [5, 5.41) is 18.0. The Labute approximate surface area is 211 Å². The zero-order valence-corrected chi connectivity index (χ0v) is 21.6. The molecule has 0 spiro atoms.